The first-order valence-corrected chi connectivity index (χ1v) is 7.02. The van der Waals surface area contributed by atoms with Crippen LogP contribution in [0.25, 0.3) is 0 Å². The molecule has 4 rings (SSSR count). The number of aliphatic hydroxyl groups is 2. The van der Waals surface area contributed by atoms with Crippen molar-refractivity contribution in [1.82, 2.24) is 5.32 Å². The van der Waals surface area contributed by atoms with E-state index in [9.17, 15) is 10.2 Å². The molecule has 0 saturated carbocycles. The predicted molar refractivity (Wildman–Crippen MR) is 76.3 cm³/mol. The van der Waals surface area contributed by atoms with Gasteiger partial charge in [0.15, 0.2) is 0 Å². The van der Waals surface area contributed by atoms with Gasteiger partial charge < -0.3 is 10.2 Å². The number of fused-ring (bicyclic) bond motifs is 7. The fraction of sp³-hybridized carbons (Fsp3) is 0.294. The third-order valence-electron chi connectivity index (χ3n) is 4.70. The summed E-state index contributed by atoms with van der Waals surface area (Å²) in [6.45, 7) is -0.262. The molecule has 3 atom stereocenters. The molecule has 20 heavy (non-hydrogen) atoms. The number of rotatable bonds is 2. The molecule has 102 valence electrons. The van der Waals surface area contributed by atoms with Crippen molar-refractivity contribution in [3.05, 3.63) is 70.8 Å². The van der Waals surface area contributed by atoms with Crippen molar-refractivity contribution in [1.29, 1.82) is 0 Å². The molecule has 2 aliphatic rings. The molecule has 3 N–H and O–H groups in total. The Bertz CT molecular complexity index is 657. The summed E-state index contributed by atoms with van der Waals surface area (Å²) in [7, 11) is 0. The number of benzene rings is 2. The lowest BCUT2D eigenvalue weighted by Crippen LogP contribution is -2.53. The molecular weight excluding hydrogens is 250 g/mol. The van der Waals surface area contributed by atoms with E-state index in [2.05, 4.69) is 29.6 Å². The van der Waals surface area contributed by atoms with Gasteiger partial charge in [0.25, 0.3) is 0 Å². The standard InChI is InChI=1S/C17H17NO2/c19-10-16(20)17-13-7-3-1-5-11(13)9-15(18-17)12-6-2-4-8-14(12)17/h1-8,15-16,18-20H,9-10H2/t15-,16+,17+/m0/s1. The van der Waals surface area contributed by atoms with Crippen LogP contribution in [0.2, 0.25) is 0 Å². The Morgan fingerprint density at radius 2 is 1.80 bits per heavy atom. The fourth-order valence-electron chi connectivity index (χ4n) is 3.87. The molecule has 0 unspecified atom stereocenters. The van der Waals surface area contributed by atoms with Crippen molar-refractivity contribution in [3.63, 3.8) is 0 Å². The highest BCUT2D eigenvalue weighted by Crippen LogP contribution is 2.50. The van der Waals surface area contributed by atoms with Crippen LogP contribution in [-0.4, -0.2) is 22.9 Å². The lowest BCUT2D eigenvalue weighted by molar-refractivity contribution is 0.0264. The maximum atomic E-state index is 10.5. The van der Waals surface area contributed by atoms with Crippen LogP contribution in [0.15, 0.2) is 48.5 Å². The summed E-state index contributed by atoms with van der Waals surface area (Å²) in [5.74, 6) is 0. The Labute approximate surface area is 117 Å². The van der Waals surface area contributed by atoms with E-state index in [1.165, 1.54) is 11.1 Å². The smallest absolute Gasteiger partial charge is 0.104 e. The molecule has 0 spiro atoms. The van der Waals surface area contributed by atoms with Gasteiger partial charge in [-0.15, -0.1) is 0 Å². The maximum Gasteiger partial charge on any atom is 0.104 e. The van der Waals surface area contributed by atoms with Crippen LogP contribution in [0, 0.1) is 0 Å². The van der Waals surface area contributed by atoms with Crippen LogP contribution >= 0.6 is 0 Å². The van der Waals surface area contributed by atoms with Gasteiger partial charge in [-0.25, -0.2) is 0 Å². The van der Waals surface area contributed by atoms with Crippen LogP contribution in [-0.2, 0) is 12.0 Å². The number of hydrogen-bond donors (Lipinski definition) is 3. The van der Waals surface area contributed by atoms with Crippen molar-refractivity contribution in [3.8, 4) is 0 Å². The molecule has 2 aromatic rings. The first-order valence-electron chi connectivity index (χ1n) is 7.02. The highest BCUT2D eigenvalue weighted by Gasteiger charge is 2.52. The normalized spacial score (nSPS) is 27.8. The Balaban J connectivity index is 2.04. The van der Waals surface area contributed by atoms with Crippen molar-refractivity contribution in [2.75, 3.05) is 6.61 Å². The quantitative estimate of drug-likeness (QED) is 0.772. The number of aliphatic hydroxyl groups excluding tert-OH is 2. The van der Waals surface area contributed by atoms with Gasteiger partial charge in [0.1, 0.15) is 6.10 Å². The van der Waals surface area contributed by atoms with Gasteiger partial charge in [0.05, 0.1) is 12.1 Å². The molecule has 3 nitrogen and oxygen atoms in total. The Morgan fingerprint density at radius 3 is 2.60 bits per heavy atom. The number of nitrogens with one attached hydrogen (secondary N) is 1. The largest absolute Gasteiger partial charge is 0.394 e. The number of hydrogen-bond acceptors (Lipinski definition) is 3. The van der Waals surface area contributed by atoms with E-state index in [4.69, 9.17) is 0 Å². The van der Waals surface area contributed by atoms with E-state index in [1.807, 2.05) is 24.3 Å². The second kappa shape index (κ2) is 4.16. The van der Waals surface area contributed by atoms with Gasteiger partial charge in [-0.05, 0) is 28.7 Å². The summed E-state index contributed by atoms with van der Waals surface area (Å²) >= 11 is 0. The second-order valence-corrected chi connectivity index (χ2v) is 5.65. The minimum atomic E-state index is -0.852. The maximum absolute atomic E-state index is 10.5. The van der Waals surface area contributed by atoms with Crippen molar-refractivity contribution in [2.45, 2.75) is 24.1 Å². The van der Waals surface area contributed by atoms with Crippen molar-refractivity contribution in [2.24, 2.45) is 0 Å². The average molecular weight is 267 g/mol. The van der Waals surface area contributed by atoms with Gasteiger partial charge in [-0.2, -0.15) is 0 Å². The van der Waals surface area contributed by atoms with Crippen LogP contribution in [0.5, 0.6) is 0 Å². The lowest BCUT2D eigenvalue weighted by Gasteiger charge is -2.40. The minimum absolute atomic E-state index is 0.210. The van der Waals surface area contributed by atoms with Gasteiger partial charge in [-0.3, -0.25) is 5.32 Å². The zero-order valence-electron chi connectivity index (χ0n) is 11.1. The third-order valence-corrected chi connectivity index (χ3v) is 4.70. The molecule has 0 amide bonds. The van der Waals surface area contributed by atoms with E-state index >= 15 is 0 Å². The molecule has 2 heterocycles. The molecule has 0 aliphatic carbocycles. The van der Waals surface area contributed by atoms with E-state index in [0.29, 0.717) is 0 Å². The molecule has 2 aliphatic heterocycles. The highest BCUT2D eigenvalue weighted by atomic mass is 16.3. The summed E-state index contributed by atoms with van der Waals surface area (Å²) in [6, 6.07) is 16.6. The van der Waals surface area contributed by atoms with Gasteiger partial charge in [-0.1, -0.05) is 48.5 Å². The van der Waals surface area contributed by atoms with Crippen LogP contribution < -0.4 is 5.32 Å². The van der Waals surface area contributed by atoms with E-state index in [1.54, 1.807) is 0 Å². The van der Waals surface area contributed by atoms with Gasteiger partial charge in [0.2, 0.25) is 0 Å². The fourth-order valence-corrected chi connectivity index (χ4v) is 3.87. The highest BCUT2D eigenvalue weighted by molar-refractivity contribution is 5.56. The van der Waals surface area contributed by atoms with Crippen LogP contribution in [0.4, 0.5) is 0 Å². The molecule has 0 radical (unpaired) electrons. The van der Waals surface area contributed by atoms with Crippen LogP contribution in [0.3, 0.4) is 0 Å². The first kappa shape index (κ1) is 12.1. The van der Waals surface area contributed by atoms with Crippen LogP contribution in [0.1, 0.15) is 28.3 Å². The zero-order valence-corrected chi connectivity index (χ0v) is 11.1. The van der Waals surface area contributed by atoms with E-state index < -0.39 is 11.6 Å². The summed E-state index contributed by atoms with van der Waals surface area (Å²) < 4.78 is 0. The Kier molecular flexibility index (Phi) is 2.51. The second-order valence-electron chi connectivity index (χ2n) is 5.65. The molecule has 3 heteroatoms. The molecule has 2 bridgehead atoms. The lowest BCUT2D eigenvalue weighted by atomic mass is 9.77. The first-order chi connectivity index (χ1) is 9.77. The summed E-state index contributed by atoms with van der Waals surface area (Å²) in [5, 5.41) is 23.7. The summed E-state index contributed by atoms with van der Waals surface area (Å²) in [5.41, 5.74) is 3.99. The molecule has 0 aromatic heterocycles. The van der Waals surface area contributed by atoms with Gasteiger partial charge >= 0.3 is 0 Å². The Hall–Kier alpha value is -1.68. The van der Waals surface area contributed by atoms with Crippen molar-refractivity contribution < 1.29 is 10.2 Å². The molecular formula is C17H17NO2. The van der Waals surface area contributed by atoms with E-state index in [0.717, 1.165) is 17.5 Å². The van der Waals surface area contributed by atoms with Gasteiger partial charge in [0, 0.05) is 6.04 Å². The molecule has 0 fully saturated rings. The summed E-state index contributed by atoms with van der Waals surface area (Å²) in [4.78, 5) is 0. The minimum Gasteiger partial charge on any atom is -0.394 e. The van der Waals surface area contributed by atoms with Crippen molar-refractivity contribution >= 4 is 0 Å². The third kappa shape index (κ3) is 1.35. The molecule has 2 aromatic carbocycles. The predicted octanol–water partition coefficient (Wildman–Crippen LogP) is 1.48. The topological polar surface area (TPSA) is 52.5 Å². The average Bonchev–Trinajstić information content (AvgIpc) is 2.78. The Morgan fingerprint density at radius 1 is 1.10 bits per heavy atom. The molecule has 0 saturated heterocycles. The summed E-state index contributed by atoms with van der Waals surface area (Å²) in [6.07, 6.45) is 0.0719. The SMILES string of the molecule is OC[C@@H](O)[C@@]12N[C@@H](Cc3ccccc31)c1ccccc12. The monoisotopic (exact) mass is 267 g/mol. The van der Waals surface area contributed by atoms with E-state index in [-0.39, 0.29) is 12.6 Å². The zero-order chi connectivity index (χ0) is 13.7.